The summed E-state index contributed by atoms with van der Waals surface area (Å²) in [4.78, 5) is 18.3. The minimum absolute atomic E-state index is 0.349. The Morgan fingerprint density at radius 2 is 1.22 bits per heavy atom. The summed E-state index contributed by atoms with van der Waals surface area (Å²) < 4.78 is 6.41. The van der Waals surface area contributed by atoms with Crippen LogP contribution >= 0.6 is 0 Å². The highest BCUT2D eigenvalue weighted by Crippen LogP contribution is 2.40. The topological polar surface area (TPSA) is 80.0 Å². The van der Waals surface area contributed by atoms with Crippen molar-refractivity contribution in [1.82, 2.24) is 15.0 Å². The molecule has 7 aromatic carbocycles. The number of aromatic nitrogens is 3. The number of benzene rings is 7. The molecule has 2 heterocycles. The monoisotopic (exact) mass is 625 g/mol. The van der Waals surface area contributed by atoms with Gasteiger partial charge in [-0.15, -0.1) is 0 Å². The van der Waals surface area contributed by atoms with E-state index in [2.05, 4.69) is 83.7 Å². The van der Waals surface area contributed by atoms with Crippen LogP contribution in [0.1, 0.15) is 5.56 Å². The molecule has 0 fully saturated rings. The molecule has 226 valence electrons. The first kappa shape index (κ1) is 28.1. The molecule has 6 heteroatoms. The van der Waals surface area contributed by atoms with Gasteiger partial charge in [0.1, 0.15) is 11.2 Å². The zero-order valence-electron chi connectivity index (χ0n) is 25.9. The van der Waals surface area contributed by atoms with E-state index in [1.165, 1.54) is 10.8 Å². The minimum Gasteiger partial charge on any atom is -0.456 e. The number of hydrogen-bond acceptors (Lipinski definition) is 5. The average molecular weight is 626 g/mol. The van der Waals surface area contributed by atoms with Crippen molar-refractivity contribution in [2.24, 2.45) is 0 Å². The summed E-state index contributed by atoms with van der Waals surface area (Å²) in [7, 11) is 0. The quantitative estimate of drug-likeness (QED) is 0.182. The zero-order valence-corrected chi connectivity index (χ0v) is 25.9. The van der Waals surface area contributed by atoms with Crippen molar-refractivity contribution in [1.29, 1.82) is 5.26 Å². The molecule has 0 saturated carbocycles. The number of nitriles is 1. The van der Waals surface area contributed by atoms with Gasteiger partial charge in [-0.25, -0.2) is 19.8 Å². The molecule has 0 atom stereocenters. The second-order valence-electron chi connectivity index (χ2n) is 11.8. The second kappa shape index (κ2) is 11.3. The maximum absolute atomic E-state index is 9.66. The van der Waals surface area contributed by atoms with E-state index in [0.717, 1.165) is 55.0 Å². The lowest BCUT2D eigenvalue weighted by Crippen LogP contribution is -2.01. The van der Waals surface area contributed by atoms with Gasteiger partial charge in [-0.3, -0.25) is 0 Å². The van der Waals surface area contributed by atoms with Crippen molar-refractivity contribution < 1.29 is 4.42 Å². The Kier molecular flexibility index (Phi) is 6.47. The minimum atomic E-state index is 0.349. The van der Waals surface area contributed by atoms with Gasteiger partial charge in [-0.05, 0) is 75.1 Å². The molecule has 0 aliphatic heterocycles. The molecular formula is C43H23N5O. The Morgan fingerprint density at radius 3 is 2.02 bits per heavy atom. The van der Waals surface area contributed by atoms with Crippen molar-refractivity contribution >= 4 is 49.2 Å². The molecule has 6 nitrogen and oxygen atoms in total. The molecule has 9 rings (SSSR count). The van der Waals surface area contributed by atoms with E-state index in [4.69, 9.17) is 25.9 Å². The molecule has 0 N–H and O–H groups in total. The first-order chi connectivity index (χ1) is 24.2. The highest BCUT2D eigenvalue weighted by molar-refractivity contribution is 6.19. The van der Waals surface area contributed by atoms with E-state index >= 15 is 0 Å². The van der Waals surface area contributed by atoms with E-state index in [9.17, 15) is 5.26 Å². The zero-order chi connectivity index (χ0) is 32.9. The van der Waals surface area contributed by atoms with Gasteiger partial charge in [-0.2, -0.15) is 5.26 Å². The summed E-state index contributed by atoms with van der Waals surface area (Å²) in [6.45, 7) is 7.57. The van der Waals surface area contributed by atoms with Gasteiger partial charge in [0.05, 0.1) is 12.6 Å². The van der Waals surface area contributed by atoms with Crippen molar-refractivity contribution in [3.63, 3.8) is 0 Å². The van der Waals surface area contributed by atoms with Crippen LogP contribution in [0.5, 0.6) is 0 Å². The standard InChI is InChI=1S/C43H23N5O/c1-45-31-22-26(25-44)21-30(23-31)42-46-41(28-10-3-2-4-11-28)47-43(48-42)36-19-18-32(34-13-7-8-14-35(34)36)29-15-17-37-39(24-29)49-38-20-16-27-9-5-6-12-33(27)40(37)38/h2-24H. The predicted octanol–water partition coefficient (Wildman–Crippen LogP) is 11.2. The summed E-state index contributed by atoms with van der Waals surface area (Å²) in [5.41, 5.74) is 6.80. The largest absolute Gasteiger partial charge is 0.456 e. The molecular weight excluding hydrogens is 603 g/mol. The van der Waals surface area contributed by atoms with Crippen molar-refractivity contribution in [3.8, 4) is 51.4 Å². The highest BCUT2D eigenvalue weighted by atomic mass is 16.3. The molecule has 0 unspecified atom stereocenters. The molecule has 49 heavy (non-hydrogen) atoms. The van der Waals surface area contributed by atoms with Gasteiger partial charge in [0.15, 0.2) is 23.2 Å². The number of nitrogens with zero attached hydrogens (tertiary/aromatic N) is 5. The smallest absolute Gasteiger partial charge is 0.189 e. The molecule has 0 amide bonds. The van der Waals surface area contributed by atoms with Gasteiger partial charge in [0.25, 0.3) is 0 Å². The van der Waals surface area contributed by atoms with Crippen LogP contribution in [0.4, 0.5) is 5.69 Å². The lowest BCUT2D eigenvalue weighted by molar-refractivity contribution is 0.669. The van der Waals surface area contributed by atoms with Crippen LogP contribution in [-0.2, 0) is 0 Å². The first-order valence-corrected chi connectivity index (χ1v) is 15.8. The molecule has 0 saturated heterocycles. The van der Waals surface area contributed by atoms with Crippen LogP contribution in [0, 0.1) is 17.9 Å². The van der Waals surface area contributed by atoms with Gasteiger partial charge < -0.3 is 4.42 Å². The molecule has 0 bridgehead atoms. The van der Waals surface area contributed by atoms with Crippen LogP contribution in [0.15, 0.2) is 144 Å². The first-order valence-electron chi connectivity index (χ1n) is 15.8. The third-order valence-corrected chi connectivity index (χ3v) is 8.94. The molecule has 0 aliphatic rings. The Bertz CT molecular complexity index is 2830. The van der Waals surface area contributed by atoms with E-state index in [1.807, 2.05) is 48.5 Å². The Hall–Kier alpha value is -7.15. The van der Waals surface area contributed by atoms with E-state index < -0.39 is 0 Å². The maximum Gasteiger partial charge on any atom is 0.189 e. The summed E-state index contributed by atoms with van der Waals surface area (Å²) >= 11 is 0. The van der Waals surface area contributed by atoms with Crippen LogP contribution < -0.4 is 0 Å². The molecule has 2 aromatic heterocycles. The molecule has 0 radical (unpaired) electrons. The fraction of sp³-hybridized carbons (Fsp3) is 0. The fourth-order valence-electron chi connectivity index (χ4n) is 6.67. The summed E-state index contributed by atoms with van der Waals surface area (Å²) in [6.07, 6.45) is 0. The van der Waals surface area contributed by atoms with E-state index in [0.29, 0.717) is 34.3 Å². The number of fused-ring (bicyclic) bond motifs is 6. The van der Waals surface area contributed by atoms with E-state index in [-0.39, 0.29) is 0 Å². The normalized spacial score (nSPS) is 11.2. The summed E-state index contributed by atoms with van der Waals surface area (Å²) in [5.74, 6) is 1.39. The van der Waals surface area contributed by atoms with Crippen molar-refractivity contribution in [3.05, 3.63) is 157 Å². The number of furan rings is 1. The SMILES string of the molecule is [C-]#[N+]c1cc(C#N)cc(-c2nc(-c3ccccc3)nc(-c3ccc(-c4ccc5c(c4)oc4ccc6ccccc6c45)c4ccccc34)n2)c1. The summed E-state index contributed by atoms with van der Waals surface area (Å²) in [6, 6.07) is 48.3. The van der Waals surface area contributed by atoms with E-state index in [1.54, 1.807) is 18.2 Å². The maximum atomic E-state index is 9.66. The Morgan fingerprint density at radius 1 is 0.531 bits per heavy atom. The molecule has 0 aliphatic carbocycles. The lowest BCUT2D eigenvalue weighted by atomic mass is 9.94. The van der Waals surface area contributed by atoms with Gasteiger partial charge >= 0.3 is 0 Å². The van der Waals surface area contributed by atoms with Crippen LogP contribution in [0.25, 0.3) is 93.6 Å². The average Bonchev–Trinajstić information content (AvgIpc) is 3.56. The number of rotatable bonds is 4. The predicted molar refractivity (Wildman–Crippen MR) is 195 cm³/mol. The fourth-order valence-corrected chi connectivity index (χ4v) is 6.67. The lowest BCUT2D eigenvalue weighted by Gasteiger charge is -2.13. The van der Waals surface area contributed by atoms with Gasteiger partial charge in [0, 0.05) is 33.0 Å². The van der Waals surface area contributed by atoms with Crippen molar-refractivity contribution in [2.45, 2.75) is 0 Å². The van der Waals surface area contributed by atoms with Gasteiger partial charge in [-0.1, -0.05) is 97.1 Å². The van der Waals surface area contributed by atoms with Crippen LogP contribution in [0.3, 0.4) is 0 Å². The number of hydrogen-bond donors (Lipinski definition) is 0. The third-order valence-electron chi connectivity index (χ3n) is 8.94. The van der Waals surface area contributed by atoms with Gasteiger partial charge in [0.2, 0.25) is 0 Å². The second-order valence-corrected chi connectivity index (χ2v) is 11.8. The van der Waals surface area contributed by atoms with Crippen molar-refractivity contribution in [2.75, 3.05) is 0 Å². The molecule has 9 aromatic rings. The summed E-state index contributed by atoms with van der Waals surface area (Å²) in [5, 5.41) is 16.3. The molecule has 0 spiro atoms. The third kappa shape index (κ3) is 4.76. The van der Waals surface area contributed by atoms with Crippen LogP contribution in [0.2, 0.25) is 0 Å². The van der Waals surface area contributed by atoms with Crippen LogP contribution in [-0.4, -0.2) is 15.0 Å². The Labute approximate surface area is 281 Å². The highest BCUT2D eigenvalue weighted by Gasteiger charge is 2.18. The Balaban J connectivity index is 1.23.